The number of nitrogens with zero attached hydrogens (tertiary/aromatic N) is 7. The predicted octanol–water partition coefficient (Wildman–Crippen LogP) is 4.25. The minimum atomic E-state index is -0.558. The van der Waals surface area contributed by atoms with E-state index in [-0.39, 0.29) is 11.2 Å². The van der Waals surface area contributed by atoms with Gasteiger partial charge in [-0.05, 0) is 76.3 Å². The van der Waals surface area contributed by atoms with E-state index in [2.05, 4.69) is 79.8 Å². The number of benzene rings is 1. The van der Waals surface area contributed by atoms with Crippen LogP contribution in [0.25, 0.3) is 5.00 Å². The Morgan fingerprint density at radius 1 is 1.00 bits per heavy atom. The number of nitrogens with two attached hydrogens (primary N) is 1. The second kappa shape index (κ2) is 8.82. The number of primary amides is 1. The van der Waals surface area contributed by atoms with Gasteiger partial charge in [-0.1, -0.05) is 24.0 Å². The van der Waals surface area contributed by atoms with E-state index in [4.69, 9.17) is 10.7 Å². The zero-order chi connectivity index (χ0) is 28.8. The van der Waals surface area contributed by atoms with E-state index < -0.39 is 5.91 Å². The van der Waals surface area contributed by atoms with Gasteiger partial charge in [0.05, 0.1) is 5.71 Å². The fourth-order valence-electron chi connectivity index (χ4n) is 6.73. The van der Waals surface area contributed by atoms with Crippen LogP contribution in [0.4, 0.5) is 5.82 Å². The SMILES string of the molecule is Cc1sc2c(c1C)C(c1ccc(C#CC3CC4(C3)CN(c3ccc(C(N)=O)nn3)C4)cc1)=NC1(CC1)c1nnc(C)n1-2. The van der Waals surface area contributed by atoms with Crippen molar-refractivity contribution in [1.82, 2.24) is 25.0 Å². The Morgan fingerprint density at radius 3 is 2.43 bits per heavy atom. The van der Waals surface area contributed by atoms with Gasteiger partial charge in [0.25, 0.3) is 5.91 Å². The molecule has 5 heterocycles. The van der Waals surface area contributed by atoms with Gasteiger partial charge in [0, 0.05) is 46.0 Å². The summed E-state index contributed by atoms with van der Waals surface area (Å²) in [6, 6.07) is 12.1. The number of hydrogen-bond donors (Lipinski definition) is 1. The number of rotatable bonds is 3. The third-order valence-electron chi connectivity index (χ3n) is 9.31. The number of amides is 1. The van der Waals surface area contributed by atoms with Crippen molar-refractivity contribution in [1.29, 1.82) is 0 Å². The van der Waals surface area contributed by atoms with Crippen LogP contribution < -0.4 is 10.6 Å². The van der Waals surface area contributed by atoms with Crippen LogP contribution in [-0.2, 0) is 5.54 Å². The molecule has 0 radical (unpaired) electrons. The van der Waals surface area contributed by atoms with Crippen molar-refractivity contribution in [3.63, 3.8) is 0 Å². The predicted molar refractivity (Wildman–Crippen MR) is 161 cm³/mol. The number of anilines is 1. The van der Waals surface area contributed by atoms with Gasteiger partial charge >= 0.3 is 0 Å². The molecule has 1 saturated heterocycles. The molecule has 210 valence electrons. The lowest BCUT2D eigenvalue weighted by Gasteiger charge is -2.58. The molecule has 2 aliphatic carbocycles. The normalized spacial score (nSPS) is 19.1. The number of fused-ring (bicyclic) bond motifs is 4. The molecule has 3 aromatic heterocycles. The first-order chi connectivity index (χ1) is 20.2. The molecule has 0 atom stereocenters. The zero-order valence-corrected chi connectivity index (χ0v) is 24.6. The summed E-state index contributed by atoms with van der Waals surface area (Å²) in [5.41, 5.74) is 11.2. The molecule has 0 bridgehead atoms. The molecule has 1 aromatic carbocycles. The quantitative estimate of drug-likeness (QED) is 0.366. The standard InChI is InChI=1S/C32H30N8OS/c1-18-19(2)42-29-26(18)27(34-32(12-13-32)30-38-35-20(3)40(29)30)23-8-6-21(7-9-23)4-5-22-14-31(15-22)16-39(17-31)25-11-10-24(28(33)41)36-37-25/h6-11,22H,12-17H2,1-3H3,(H2,33,41). The van der Waals surface area contributed by atoms with Crippen LogP contribution in [0.2, 0.25) is 0 Å². The average molecular weight is 575 g/mol. The highest BCUT2D eigenvalue weighted by atomic mass is 32.1. The number of carbonyl (C=O) groups excluding carboxylic acids is 1. The van der Waals surface area contributed by atoms with Crippen molar-refractivity contribution in [2.75, 3.05) is 18.0 Å². The molecule has 2 saturated carbocycles. The monoisotopic (exact) mass is 574 g/mol. The van der Waals surface area contributed by atoms with E-state index in [1.54, 1.807) is 17.4 Å². The van der Waals surface area contributed by atoms with E-state index >= 15 is 0 Å². The molecule has 1 amide bonds. The number of aromatic nitrogens is 5. The van der Waals surface area contributed by atoms with Crippen molar-refractivity contribution in [2.45, 2.75) is 52.0 Å². The molecule has 10 heteroatoms. The number of thiophene rings is 1. The first-order valence-corrected chi connectivity index (χ1v) is 15.2. The lowest BCUT2D eigenvalue weighted by molar-refractivity contribution is 0.0521. The first kappa shape index (κ1) is 25.4. The number of aliphatic imine (C=N–C) groups is 1. The fourth-order valence-corrected chi connectivity index (χ4v) is 7.94. The summed E-state index contributed by atoms with van der Waals surface area (Å²) in [5, 5.41) is 18.3. The highest BCUT2D eigenvalue weighted by molar-refractivity contribution is 7.15. The Kier molecular flexibility index (Phi) is 5.33. The largest absolute Gasteiger partial charge is 0.364 e. The summed E-state index contributed by atoms with van der Waals surface area (Å²) in [7, 11) is 0. The van der Waals surface area contributed by atoms with Gasteiger partial charge in [-0.3, -0.25) is 14.4 Å². The Labute approximate surface area is 247 Å². The summed E-state index contributed by atoms with van der Waals surface area (Å²) in [4.78, 5) is 20.1. The van der Waals surface area contributed by atoms with Crippen molar-refractivity contribution in [3.05, 3.63) is 80.9 Å². The van der Waals surface area contributed by atoms with Crippen molar-refractivity contribution < 1.29 is 4.79 Å². The van der Waals surface area contributed by atoms with Gasteiger partial charge in [-0.15, -0.1) is 31.7 Å². The first-order valence-electron chi connectivity index (χ1n) is 14.4. The van der Waals surface area contributed by atoms with E-state index in [1.165, 1.54) is 21.0 Å². The lowest BCUT2D eigenvalue weighted by Crippen LogP contribution is -2.62. The van der Waals surface area contributed by atoms with Crippen LogP contribution in [0.1, 0.15) is 75.0 Å². The Balaban J connectivity index is 0.977. The Morgan fingerprint density at radius 2 is 1.76 bits per heavy atom. The molecule has 4 aromatic rings. The number of carbonyl (C=O) groups is 1. The number of hydrogen-bond acceptors (Lipinski definition) is 8. The van der Waals surface area contributed by atoms with Crippen LogP contribution in [0.5, 0.6) is 0 Å². The topological polar surface area (TPSA) is 115 Å². The van der Waals surface area contributed by atoms with Crippen molar-refractivity contribution in [3.8, 4) is 16.8 Å². The third-order valence-corrected chi connectivity index (χ3v) is 10.5. The van der Waals surface area contributed by atoms with Crippen LogP contribution in [0.3, 0.4) is 0 Å². The van der Waals surface area contributed by atoms with E-state index in [1.807, 2.05) is 13.0 Å². The lowest BCUT2D eigenvalue weighted by atomic mass is 9.58. The summed E-state index contributed by atoms with van der Waals surface area (Å²) in [5.74, 6) is 9.48. The van der Waals surface area contributed by atoms with Gasteiger partial charge in [0.2, 0.25) is 0 Å². The Bertz CT molecular complexity index is 1850. The van der Waals surface area contributed by atoms with Crippen LogP contribution in [0.15, 0.2) is 41.4 Å². The summed E-state index contributed by atoms with van der Waals surface area (Å²) < 4.78 is 2.24. The zero-order valence-electron chi connectivity index (χ0n) is 23.8. The highest BCUT2D eigenvalue weighted by Crippen LogP contribution is 2.53. The fraction of sp³-hybridized carbons (Fsp3) is 0.375. The second-order valence-electron chi connectivity index (χ2n) is 12.3. The van der Waals surface area contributed by atoms with Crippen LogP contribution in [-0.4, -0.2) is 49.7 Å². The molecule has 4 aliphatic rings. The van der Waals surface area contributed by atoms with Gasteiger partial charge in [-0.2, -0.15) is 0 Å². The molecule has 3 fully saturated rings. The average Bonchev–Trinajstić information content (AvgIpc) is 3.56. The maximum Gasteiger partial charge on any atom is 0.269 e. The molecule has 2 spiro atoms. The maximum atomic E-state index is 11.2. The summed E-state index contributed by atoms with van der Waals surface area (Å²) in [6.45, 7) is 8.31. The van der Waals surface area contributed by atoms with Gasteiger partial charge < -0.3 is 10.6 Å². The summed E-state index contributed by atoms with van der Waals surface area (Å²) >= 11 is 1.80. The van der Waals surface area contributed by atoms with E-state index in [0.717, 1.165) is 73.1 Å². The second-order valence-corrected chi connectivity index (χ2v) is 13.5. The smallest absolute Gasteiger partial charge is 0.269 e. The van der Waals surface area contributed by atoms with E-state index in [0.29, 0.717) is 11.3 Å². The van der Waals surface area contributed by atoms with Gasteiger partial charge in [-0.25, -0.2) is 0 Å². The van der Waals surface area contributed by atoms with Crippen LogP contribution in [0, 0.1) is 43.9 Å². The Hall–Kier alpha value is -4.36. The minimum Gasteiger partial charge on any atom is -0.364 e. The molecule has 0 unspecified atom stereocenters. The van der Waals surface area contributed by atoms with Gasteiger partial charge in [0.15, 0.2) is 17.3 Å². The van der Waals surface area contributed by atoms with Gasteiger partial charge in [0.1, 0.15) is 16.4 Å². The van der Waals surface area contributed by atoms with Crippen molar-refractivity contribution >= 4 is 28.8 Å². The van der Waals surface area contributed by atoms with Crippen molar-refractivity contribution in [2.24, 2.45) is 22.1 Å². The minimum absolute atomic E-state index is 0.191. The van der Waals surface area contributed by atoms with Crippen LogP contribution >= 0.6 is 11.3 Å². The molecular formula is C32H30N8OS. The molecule has 42 heavy (non-hydrogen) atoms. The van der Waals surface area contributed by atoms with E-state index in [9.17, 15) is 4.79 Å². The maximum absolute atomic E-state index is 11.2. The molecular weight excluding hydrogens is 544 g/mol. The summed E-state index contributed by atoms with van der Waals surface area (Å²) in [6.07, 6.45) is 4.20. The highest BCUT2D eigenvalue weighted by Gasteiger charge is 2.53. The molecule has 2 aliphatic heterocycles. The third kappa shape index (κ3) is 3.83. The molecule has 9 nitrogen and oxygen atoms in total. The molecule has 2 N–H and O–H groups in total. The molecule has 8 rings (SSSR count). The number of aryl methyl sites for hydroxylation is 2.